The second-order valence-electron chi connectivity index (χ2n) is 7.90. The Morgan fingerprint density at radius 3 is 2.84 bits per heavy atom. The number of carbonyl (C=O) groups is 2. The maximum Gasteiger partial charge on any atom is 0.317 e. The molecule has 1 saturated heterocycles. The molecule has 1 heterocycles. The third-order valence-corrected chi connectivity index (χ3v) is 6.23. The van der Waals surface area contributed by atoms with Gasteiger partial charge in [0.1, 0.15) is 0 Å². The summed E-state index contributed by atoms with van der Waals surface area (Å²) in [6.45, 7) is 3.92. The maximum atomic E-state index is 12.6. The second kappa shape index (κ2) is 6.36. The minimum absolute atomic E-state index is 0.0261. The smallest absolute Gasteiger partial charge is 0.317 e. The summed E-state index contributed by atoms with van der Waals surface area (Å²) >= 11 is 0. The molecule has 0 bridgehead atoms. The zero-order valence-electron chi connectivity index (χ0n) is 15.1. The van der Waals surface area contributed by atoms with E-state index in [9.17, 15) is 9.59 Å². The molecule has 25 heavy (non-hydrogen) atoms. The van der Waals surface area contributed by atoms with Crippen molar-refractivity contribution in [2.24, 2.45) is 11.8 Å². The molecule has 5 heteroatoms. The number of hydrogen-bond donors (Lipinski definition) is 1. The van der Waals surface area contributed by atoms with Gasteiger partial charge in [0, 0.05) is 45.6 Å². The van der Waals surface area contributed by atoms with Crippen LogP contribution in [-0.2, 0) is 11.2 Å². The van der Waals surface area contributed by atoms with E-state index in [4.69, 9.17) is 0 Å². The molecule has 3 aliphatic rings. The number of amides is 3. The van der Waals surface area contributed by atoms with Crippen molar-refractivity contribution in [1.29, 1.82) is 0 Å². The molecule has 134 valence electrons. The van der Waals surface area contributed by atoms with Crippen molar-refractivity contribution in [2.75, 3.05) is 26.7 Å². The molecule has 3 amide bonds. The van der Waals surface area contributed by atoms with Crippen molar-refractivity contribution in [3.05, 3.63) is 35.4 Å². The van der Waals surface area contributed by atoms with Crippen molar-refractivity contribution >= 4 is 11.9 Å². The number of hydrogen-bond acceptors (Lipinski definition) is 2. The number of likely N-dealkylation sites (tertiary alicyclic amines) is 1. The van der Waals surface area contributed by atoms with Gasteiger partial charge in [-0.15, -0.1) is 0 Å². The van der Waals surface area contributed by atoms with Crippen LogP contribution in [0.5, 0.6) is 0 Å². The van der Waals surface area contributed by atoms with Gasteiger partial charge in [-0.25, -0.2) is 4.79 Å². The Kier molecular flexibility index (Phi) is 4.18. The van der Waals surface area contributed by atoms with Crippen LogP contribution in [0.1, 0.15) is 36.8 Å². The standard InChI is InChI=1S/C20H27N3O2/c1-13(24)23-10-9-14(12-23)11-22(2)20(25)21-19-17-8-7-15-5-3-4-6-16(15)18(17)19/h3-6,14,17-19H,7-12H2,1-2H3,(H,21,25)/t14-,17+,18+,19-/m1/s1. The highest BCUT2D eigenvalue weighted by Gasteiger charge is 2.54. The van der Waals surface area contributed by atoms with Gasteiger partial charge in [-0.3, -0.25) is 4.79 Å². The molecule has 1 saturated carbocycles. The quantitative estimate of drug-likeness (QED) is 0.916. The van der Waals surface area contributed by atoms with Gasteiger partial charge in [0.2, 0.25) is 5.91 Å². The lowest BCUT2D eigenvalue weighted by Crippen LogP contribution is -2.42. The molecule has 4 atom stereocenters. The summed E-state index contributed by atoms with van der Waals surface area (Å²) < 4.78 is 0. The Hall–Kier alpha value is -2.04. The van der Waals surface area contributed by atoms with E-state index in [2.05, 4.69) is 29.6 Å². The van der Waals surface area contributed by atoms with Gasteiger partial charge < -0.3 is 15.1 Å². The zero-order chi connectivity index (χ0) is 17.6. The van der Waals surface area contributed by atoms with Crippen LogP contribution in [0.25, 0.3) is 0 Å². The lowest BCUT2D eigenvalue weighted by atomic mass is 9.92. The Morgan fingerprint density at radius 2 is 2.08 bits per heavy atom. The summed E-state index contributed by atoms with van der Waals surface area (Å²) in [6.07, 6.45) is 3.29. The van der Waals surface area contributed by atoms with Gasteiger partial charge in [0.05, 0.1) is 0 Å². The fraction of sp³-hybridized carbons (Fsp3) is 0.600. The molecule has 0 spiro atoms. The summed E-state index contributed by atoms with van der Waals surface area (Å²) in [6, 6.07) is 8.96. The van der Waals surface area contributed by atoms with Crippen LogP contribution in [0.4, 0.5) is 4.79 Å². The summed E-state index contributed by atoms with van der Waals surface area (Å²) in [7, 11) is 1.87. The molecule has 1 N–H and O–H groups in total. The minimum Gasteiger partial charge on any atom is -0.343 e. The second-order valence-corrected chi connectivity index (χ2v) is 7.90. The molecule has 1 aliphatic heterocycles. The highest BCUT2D eigenvalue weighted by molar-refractivity contribution is 5.75. The van der Waals surface area contributed by atoms with E-state index < -0.39 is 0 Å². The Balaban J connectivity index is 1.31. The van der Waals surface area contributed by atoms with E-state index in [1.807, 2.05) is 11.9 Å². The zero-order valence-corrected chi connectivity index (χ0v) is 15.1. The van der Waals surface area contributed by atoms with Gasteiger partial charge >= 0.3 is 6.03 Å². The highest BCUT2D eigenvalue weighted by Crippen LogP contribution is 2.54. The van der Waals surface area contributed by atoms with Crippen LogP contribution in [-0.4, -0.2) is 54.5 Å². The predicted molar refractivity (Wildman–Crippen MR) is 96.3 cm³/mol. The first-order chi connectivity index (χ1) is 12.0. The van der Waals surface area contributed by atoms with Crippen LogP contribution >= 0.6 is 0 Å². The van der Waals surface area contributed by atoms with Crippen molar-refractivity contribution in [1.82, 2.24) is 15.1 Å². The molecular formula is C20H27N3O2. The van der Waals surface area contributed by atoms with E-state index in [0.717, 1.165) is 25.9 Å². The third-order valence-electron chi connectivity index (χ3n) is 6.23. The van der Waals surface area contributed by atoms with Gasteiger partial charge in [-0.1, -0.05) is 24.3 Å². The van der Waals surface area contributed by atoms with Crippen molar-refractivity contribution < 1.29 is 9.59 Å². The Morgan fingerprint density at radius 1 is 1.28 bits per heavy atom. The molecule has 1 aromatic rings. The SMILES string of the molecule is CC(=O)N1CC[C@H](CN(C)C(=O)N[C@@H]2[C@H]3CCc4ccccc4[C@@H]32)C1. The van der Waals surface area contributed by atoms with Gasteiger partial charge in [0.15, 0.2) is 0 Å². The normalized spacial score (nSPS) is 29.6. The average molecular weight is 341 g/mol. The predicted octanol–water partition coefficient (Wildman–Crippen LogP) is 2.22. The number of carbonyl (C=O) groups excluding carboxylic acids is 2. The number of nitrogens with zero attached hydrogens (tertiary/aromatic N) is 2. The van der Waals surface area contributed by atoms with Crippen LogP contribution < -0.4 is 5.32 Å². The lowest BCUT2D eigenvalue weighted by molar-refractivity contribution is -0.127. The molecule has 0 unspecified atom stereocenters. The van der Waals surface area contributed by atoms with Gasteiger partial charge in [-0.2, -0.15) is 0 Å². The molecule has 4 rings (SSSR count). The fourth-order valence-corrected chi connectivity index (χ4v) is 4.75. The number of rotatable bonds is 3. The van der Waals surface area contributed by atoms with Gasteiger partial charge in [0.25, 0.3) is 0 Å². The molecule has 2 fully saturated rings. The fourth-order valence-electron chi connectivity index (χ4n) is 4.75. The maximum absolute atomic E-state index is 12.6. The highest BCUT2D eigenvalue weighted by atomic mass is 16.2. The summed E-state index contributed by atoms with van der Waals surface area (Å²) in [5, 5.41) is 3.25. The topological polar surface area (TPSA) is 52.7 Å². The van der Waals surface area contributed by atoms with E-state index in [1.165, 1.54) is 17.5 Å². The first kappa shape index (κ1) is 16.4. The van der Waals surface area contributed by atoms with Crippen LogP contribution in [0.2, 0.25) is 0 Å². The third kappa shape index (κ3) is 3.12. The van der Waals surface area contributed by atoms with Crippen LogP contribution in [0.3, 0.4) is 0 Å². The largest absolute Gasteiger partial charge is 0.343 e. The van der Waals surface area contributed by atoms with Crippen molar-refractivity contribution in [3.63, 3.8) is 0 Å². The number of nitrogens with one attached hydrogen (secondary N) is 1. The van der Waals surface area contributed by atoms with E-state index in [0.29, 0.717) is 24.3 Å². The summed E-state index contributed by atoms with van der Waals surface area (Å²) in [4.78, 5) is 27.7. The molecule has 0 radical (unpaired) electrons. The number of fused-ring (bicyclic) bond motifs is 3. The first-order valence-electron chi connectivity index (χ1n) is 9.39. The number of urea groups is 1. The van der Waals surface area contributed by atoms with Gasteiger partial charge in [-0.05, 0) is 42.2 Å². The van der Waals surface area contributed by atoms with E-state index >= 15 is 0 Å². The minimum atomic E-state index is 0.0261. The average Bonchev–Trinajstić information content (AvgIpc) is 3.09. The molecular weight excluding hydrogens is 314 g/mol. The van der Waals surface area contributed by atoms with Crippen LogP contribution in [0, 0.1) is 11.8 Å². The molecule has 0 aromatic heterocycles. The molecule has 2 aliphatic carbocycles. The summed E-state index contributed by atoms with van der Waals surface area (Å²) in [5.41, 5.74) is 2.88. The van der Waals surface area contributed by atoms with Crippen molar-refractivity contribution in [2.45, 2.75) is 38.1 Å². The molecule has 1 aromatic carbocycles. The Bertz CT molecular complexity index is 689. The number of aryl methyl sites for hydroxylation is 1. The van der Waals surface area contributed by atoms with Crippen LogP contribution in [0.15, 0.2) is 24.3 Å². The monoisotopic (exact) mass is 341 g/mol. The summed E-state index contributed by atoms with van der Waals surface area (Å²) in [5.74, 6) is 1.63. The van der Waals surface area contributed by atoms with Crippen molar-refractivity contribution in [3.8, 4) is 0 Å². The molecule has 5 nitrogen and oxygen atoms in total. The Labute approximate surface area is 149 Å². The van der Waals surface area contributed by atoms with E-state index in [1.54, 1.807) is 11.8 Å². The number of benzene rings is 1. The van der Waals surface area contributed by atoms with E-state index in [-0.39, 0.29) is 18.0 Å². The first-order valence-corrected chi connectivity index (χ1v) is 9.39. The lowest BCUT2D eigenvalue weighted by Gasteiger charge is -2.22.